The maximum atomic E-state index is 12.6. The van der Waals surface area contributed by atoms with Gasteiger partial charge in [0.05, 0.1) is 32.0 Å². The lowest BCUT2D eigenvalue weighted by atomic mass is 9.81. The molecule has 40 heavy (non-hydrogen) atoms. The lowest BCUT2D eigenvalue weighted by molar-refractivity contribution is -0.193. The SMILES string of the molecule is Cc1cccc(C(=O)N2CC3(C2)OCCC3COCc2ccccn2)n1.O=C(O)C(F)(F)F.O=C(O)C(F)(F)F. The van der Waals surface area contributed by atoms with Gasteiger partial charge in [0.2, 0.25) is 0 Å². The first kappa shape index (κ1) is 32.4. The van der Waals surface area contributed by atoms with Crippen molar-refractivity contribution < 1.29 is 60.4 Å². The molecule has 4 rings (SSSR count). The van der Waals surface area contributed by atoms with E-state index in [0.29, 0.717) is 37.9 Å². The van der Waals surface area contributed by atoms with Gasteiger partial charge < -0.3 is 24.6 Å². The molecule has 2 aromatic rings. The summed E-state index contributed by atoms with van der Waals surface area (Å²) >= 11 is 0. The zero-order valence-electron chi connectivity index (χ0n) is 20.9. The predicted octanol–water partition coefficient (Wildman–Crippen LogP) is 3.50. The van der Waals surface area contributed by atoms with E-state index >= 15 is 0 Å². The van der Waals surface area contributed by atoms with Crippen LogP contribution in [-0.2, 0) is 25.7 Å². The van der Waals surface area contributed by atoms with Crippen LogP contribution in [0, 0.1) is 12.8 Å². The highest BCUT2D eigenvalue weighted by atomic mass is 19.4. The molecule has 2 N–H and O–H groups in total. The number of hydrogen-bond donors (Lipinski definition) is 2. The minimum atomic E-state index is -5.08. The molecule has 220 valence electrons. The fourth-order valence-electron chi connectivity index (χ4n) is 3.73. The van der Waals surface area contributed by atoms with Gasteiger partial charge in [-0.15, -0.1) is 0 Å². The molecule has 2 saturated heterocycles. The molecular weight excluding hydrogens is 556 g/mol. The van der Waals surface area contributed by atoms with Crippen molar-refractivity contribution in [2.75, 3.05) is 26.3 Å². The van der Waals surface area contributed by atoms with Crippen LogP contribution in [0.5, 0.6) is 0 Å². The van der Waals surface area contributed by atoms with E-state index in [0.717, 1.165) is 24.4 Å². The highest BCUT2D eigenvalue weighted by molar-refractivity contribution is 5.93. The molecule has 16 heteroatoms. The van der Waals surface area contributed by atoms with E-state index in [1.54, 1.807) is 12.3 Å². The average molecular weight is 581 g/mol. The third-order valence-electron chi connectivity index (χ3n) is 5.69. The van der Waals surface area contributed by atoms with Gasteiger partial charge in [0.1, 0.15) is 11.3 Å². The Balaban J connectivity index is 0.000000333. The van der Waals surface area contributed by atoms with E-state index in [-0.39, 0.29) is 11.5 Å². The number of amides is 1. The Kier molecular flexibility index (Phi) is 11.0. The summed E-state index contributed by atoms with van der Waals surface area (Å²) in [6.45, 7) is 4.97. The topological polar surface area (TPSA) is 139 Å². The van der Waals surface area contributed by atoms with Crippen molar-refractivity contribution in [1.29, 1.82) is 0 Å². The number of hydrogen-bond acceptors (Lipinski definition) is 7. The summed E-state index contributed by atoms with van der Waals surface area (Å²) in [5.41, 5.74) is 2.02. The lowest BCUT2D eigenvalue weighted by Gasteiger charge is -2.50. The summed E-state index contributed by atoms with van der Waals surface area (Å²) in [6.07, 6.45) is -7.43. The number of ether oxygens (including phenoxy) is 2. The summed E-state index contributed by atoms with van der Waals surface area (Å²) in [5, 5.41) is 14.2. The number of pyridine rings is 2. The molecule has 2 aromatic heterocycles. The number of carboxylic acid groups (broad SMARTS) is 2. The van der Waals surface area contributed by atoms with Crippen molar-refractivity contribution in [3.8, 4) is 0 Å². The molecule has 0 radical (unpaired) electrons. The quantitative estimate of drug-likeness (QED) is 0.508. The molecular formula is C24H25F6N3O7. The van der Waals surface area contributed by atoms with Gasteiger partial charge in [0, 0.05) is 24.4 Å². The Hall–Kier alpha value is -3.79. The fourth-order valence-corrected chi connectivity index (χ4v) is 3.73. The lowest BCUT2D eigenvalue weighted by Crippen LogP contribution is -2.66. The second-order valence-corrected chi connectivity index (χ2v) is 8.67. The summed E-state index contributed by atoms with van der Waals surface area (Å²) < 4.78 is 75.4. The number of carbonyl (C=O) groups is 3. The largest absolute Gasteiger partial charge is 0.490 e. The van der Waals surface area contributed by atoms with Crippen LogP contribution in [0.15, 0.2) is 42.6 Å². The third kappa shape index (κ3) is 9.44. The second-order valence-electron chi connectivity index (χ2n) is 8.67. The van der Waals surface area contributed by atoms with Crippen molar-refractivity contribution in [2.45, 2.75) is 37.9 Å². The standard InChI is InChI=1S/C20H23N3O3.2C2HF3O2/c1-15-5-4-7-18(22-15)19(24)23-13-20(14-23)16(8-10-26-20)11-25-12-17-6-2-3-9-21-17;2*3-2(4,5)1(6)7/h2-7,9,16H,8,10-14H2,1H3;2*(H,6,7). The Morgan fingerprint density at radius 1 is 1.02 bits per heavy atom. The molecule has 1 spiro atoms. The third-order valence-corrected chi connectivity index (χ3v) is 5.69. The van der Waals surface area contributed by atoms with E-state index in [9.17, 15) is 31.1 Å². The molecule has 4 heterocycles. The molecule has 0 aliphatic carbocycles. The van der Waals surface area contributed by atoms with Gasteiger partial charge in [0.25, 0.3) is 5.91 Å². The number of likely N-dealkylation sites (tertiary alicyclic amines) is 1. The summed E-state index contributed by atoms with van der Waals surface area (Å²) in [4.78, 5) is 40.8. The number of halogens is 6. The van der Waals surface area contributed by atoms with Crippen molar-refractivity contribution in [2.24, 2.45) is 5.92 Å². The molecule has 0 aromatic carbocycles. The molecule has 1 unspecified atom stereocenters. The number of aromatic nitrogens is 2. The molecule has 1 atom stereocenters. The molecule has 2 fully saturated rings. The van der Waals surface area contributed by atoms with Crippen LogP contribution < -0.4 is 0 Å². The number of nitrogens with zero attached hydrogens (tertiary/aromatic N) is 3. The van der Waals surface area contributed by atoms with E-state index in [1.807, 2.05) is 42.2 Å². The number of alkyl halides is 6. The first-order chi connectivity index (χ1) is 18.5. The van der Waals surface area contributed by atoms with E-state index < -0.39 is 24.3 Å². The fraction of sp³-hybridized carbons (Fsp3) is 0.458. The maximum Gasteiger partial charge on any atom is 0.490 e. The smallest absolute Gasteiger partial charge is 0.475 e. The van der Waals surface area contributed by atoms with Crippen LogP contribution in [0.3, 0.4) is 0 Å². The van der Waals surface area contributed by atoms with E-state index in [2.05, 4.69) is 9.97 Å². The number of carboxylic acids is 2. The molecule has 0 saturated carbocycles. The van der Waals surface area contributed by atoms with Crippen molar-refractivity contribution in [3.05, 3.63) is 59.7 Å². The van der Waals surface area contributed by atoms with Gasteiger partial charge in [0.15, 0.2) is 0 Å². The summed E-state index contributed by atoms with van der Waals surface area (Å²) in [7, 11) is 0. The monoisotopic (exact) mass is 581 g/mol. The Morgan fingerprint density at radius 3 is 2.12 bits per heavy atom. The van der Waals surface area contributed by atoms with Crippen molar-refractivity contribution >= 4 is 17.8 Å². The van der Waals surface area contributed by atoms with Crippen molar-refractivity contribution in [3.63, 3.8) is 0 Å². The van der Waals surface area contributed by atoms with Gasteiger partial charge in [-0.2, -0.15) is 26.3 Å². The zero-order chi connectivity index (χ0) is 30.1. The molecule has 2 aliphatic heterocycles. The minimum absolute atomic E-state index is 0.0250. The molecule has 2 aliphatic rings. The summed E-state index contributed by atoms with van der Waals surface area (Å²) in [6, 6.07) is 11.3. The first-order valence-electron chi connectivity index (χ1n) is 11.5. The second kappa shape index (κ2) is 13.5. The van der Waals surface area contributed by atoms with Crippen LogP contribution >= 0.6 is 0 Å². The molecule has 0 bridgehead atoms. The van der Waals surface area contributed by atoms with Crippen LogP contribution in [0.4, 0.5) is 26.3 Å². The predicted molar refractivity (Wildman–Crippen MR) is 123 cm³/mol. The van der Waals surface area contributed by atoms with Crippen LogP contribution in [0.2, 0.25) is 0 Å². The Labute approximate surface area is 223 Å². The minimum Gasteiger partial charge on any atom is -0.475 e. The summed E-state index contributed by atoms with van der Waals surface area (Å²) in [5.74, 6) is -5.23. The number of aliphatic carboxylic acids is 2. The van der Waals surface area contributed by atoms with Crippen LogP contribution in [-0.4, -0.2) is 87.2 Å². The molecule has 1 amide bonds. The van der Waals surface area contributed by atoms with Gasteiger partial charge in [-0.1, -0.05) is 12.1 Å². The average Bonchev–Trinajstić information content (AvgIpc) is 3.27. The first-order valence-corrected chi connectivity index (χ1v) is 11.5. The highest BCUT2D eigenvalue weighted by Crippen LogP contribution is 2.40. The number of aryl methyl sites for hydroxylation is 1. The zero-order valence-corrected chi connectivity index (χ0v) is 20.9. The molecule has 10 nitrogen and oxygen atoms in total. The highest BCUT2D eigenvalue weighted by Gasteiger charge is 2.54. The normalized spacial score (nSPS) is 17.6. The van der Waals surface area contributed by atoms with Gasteiger partial charge in [-0.05, 0) is 37.6 Å². The Bertz CT molecular complexity index is 1130. The van der Waals surface area contributed by atoms with Crippen LogP contribution in [0.25, 0.3) is 0 Å². The van der Waals surface area contributed by atoms with Crippen LogP contribution in [0.1, 0.15) is 28.3 Å². The number of rotatable bonds is 5. The van der Waals surface area contributed by atoms with Gasteiger partial charge in [-0.3, -0.25) is 9.78 Å². The van der Waals surface area contributed by atoms with Gasteiger partial charge in [-0.25, -0.2) is 14.6 Å². The number of carbonyl (C=O) groups excluding carboxylic acids is 1. The van der Waals surface area contributed by atoms with E-state index in [4.69, 9.17) is 29.3 Å². The van der Waals surface area contributed by atoms with Gasteiger partial charge >= 0.3 is 24.3 Å². The maximum absolute atomic E-state index is 12.6. The Morgan fingerprint density at radius 2 is 1.62 bits per heavy atom. The van der Waals surface area contributed by atoms with E-state index in [1.165, 1.54) is 0 Å². The van der Waals surface area contributed by atoms with Crippen molar-refractivity contribution in [1.82, 2.24) is 14.9 Å².